The van der Waals surface area contributed by atoms with Crippen molar-refractivity contribution in [2.24, 2.45) is 22.7 Å². The van der Waals surface area contributed by atoms with Gasteiger partial charge in [0.2, 0.25) is 5.78 Å². The highest BCUT2D eigenvalue weighted by Crippen LogP contribution is 2.66. The number of carbonyl (C=O) groups is 4. The van der Waals surface area contributed by atoms with Gasteiger partial charge in [-0.15, -0.1) is 0 Å². The molecule has 0 aromatic heterocycles. The third-order valence-corrected chi connectivity index (χ3v) is 8.91. The summed E-state index contributed by atoms with van der Waals surface area (Å²) < 4.78 is 26.6. The van der Waals surface area contributed by atoms with Gasteiger partial charge in [-0.2, -0.15) is 0 Å². The number of hydrogen-bond acceptors (Lipinski definition) is 6. The molecule has 0 heterocycles. The molecule has 0 saturated heterocycles. The highest BCUT2D eigenvalue weighted by atomic mass is 79.9. The number of carbonyl (C=O) groups excluding carboxylic acids is 4. The molecule has 4 rings (SSSR count). The molecular formula is C25H28BrFO6. The van der Waals surface area contributed by atoms with Gasteiger partial charge in [0.25, 0.3) is 0 Å². The van der Waals surface area contributed by atoms with Crippen LogP contribution in [0.25, 0.3) is 0 Å². The lowest BCUT2D eigenvalue weighted by Gasteiger charge is -2.54. The number of rotatable bonds is 4. The second-order valence-corrected chi connectivity index (χ2v) is 10.9. The first-order valence-corrected chi connectivity index (χ1v) is 12.0. The summed E-state index contributed by atoms with van der Waals surface area (Å²) in [5.41, 5.74) is -1.43. The van der Waals surface area contributed by atoms with Crippen LogP contribution in [-0.2, 0) is 28.7 Å². The summed E-state index contributed by atoms with van der Waals surface area (Å²) in [4.78, 5) is 49.0. The van der Waals surface area contributed by atoms with Crippen LogP contribution in [0.5, 0.6) is 0 Å². The van der Waals surface area contributed by atoms with Gasteiger partial charge in [-0.1, -0.05) is 24.6 Å². The maximum absolute atomic E-state index is 15.5. The van der Waals surface area contributed by atoms with Crippen LogP contribution in [0, 0.1) is 22.7 Å². The van der Waals surface area contributed by atoms with Crippen LogP contribution in [-0.4, -0.2) is 41.9 Å². The zero-order valence-electron chi connectivity index (χ0n) is 19.2. The number of Topliss-reactive ketones (excluding diaryl/α,β-unsaturated/α-hetero) is 1. The number of esters is 2. The molecular weight excluding hydrogens is 495 g/mol. The molecule has 0 amide bonds. The fourth-order valence-electron chi connectivity index (χ4n) is 6.80. The lowest BCUT2D eigenvalue weighted by atomic mass is 9.51. The van der Waals surface area contributed by atoms with Gasteiger partial charge in [0, 0.05) is 24.7 Å². The fraction of sp³-hybridized carbons (Fsp3) is 0.600. The molecule has 2 saturated carbocycles. The molecule has 0 bridgehead atoms. The van der Waals surface area contributed by atoms with E-state index in [1.807, 2.05) is 19.9 Å². The summed E-state index contributed by atoms with van der Waals surface area (Å²) in [5.74, 6) is -2.14. The molecule has 0 aromatic carbocycles. The van der Waals surface area contributed by atoms with E-state index in [2.05, 4.69) is 15.9 Å². The monoisotopic (exact) mass is 522 g/mol. The van der Waals surface area contributed by atoms with Crippen molar-refractivity contribution in [2.75, 3.05) is 6.61 Å². The van der Waals surface area contributed by atoms with E-state index in [-0.39, 0.29) is 24.0 Å². The second-order valence-electron chi connectivity index (χ2n) is 10.0. The second kappa shape index (κ2) is 8.00. The van der Waals surface area contributed by atoms with Crippen molar-refractivity contribution in [3.05, 3.63) is 33.9 Å². The summed E-state index contributed by atoms with van der Waals surface area (Å²) >= 11 is 3.32. The molecule has 4 aliphatic rings. The molecule has 8 heteroatoms. The number of allylic oxidation sites excluding steroid dienone is 6. The topological polar surface area (TPSA) is 86.7 Å². The van der Waals surface area contributed by atoms with E-state index in [0.717, 1.165) is 5.57 Å². The lowest BCUT2D eigenvalue weighted by Crippen LogP contribution is -2.58. The Bertz CT molecular complexity index is 1040. The van der Waals surface area contributed by atoms with Gasteiger partial charge in [-0.25, -0.2) is 4.39 Å². The molecule has 33 heavy (non-hydrogen) atoms. The molecule has 0 aromatic rings. The van der Waals surface area contributed by atoms with Crippen molar-refractivity contribution in [3.63, 3.8) is 0 Å². The molecule has 6 nitrogen and oxygen atoms in total. The minimum atomic E-state index is -1.44. The van der Waals surface area contributed by atoms with E-state index in [0.29, 0.717) is 29.3 Å². The Morgan fingerprint density at radius 1 is 1.18 bits per heavy atom. The molecule has 0 unspecified atom stereocenters. The van der Waals surface area contributed by atoms with Crippen molar-refractivity contribution in [3.8, 4) is 0 Å². The van der Waals surface area contributed by atoms with Crippen LogP contribution in [0.3, 0.4) is 0 Å². The first kappa shape index (κ1) is 24.0. The summed E-state index contributed by atoms with van der Waals surface area (Å²) in [7, 11) is 0. The van der Waals surface area contributed by atoms with E-state index >= 15 is 4.39 Å². The van der Waals surface area contributed by atoms with Crippen LogP contribution in [0.15, 0.2) is 33.9 Å². The lowest BCUT2D eigenvalue weighted by molar-refractivity contribution is -0.184. The highest BCUT2D eigenvalue weighted by molar-refractivity contribution is 9.12. The van der Waals surface area contributed by atoms with E-state index in [9.17, 15) is 19.2 Å². The number of fused-ring (bicyclic) bond motifs is 5. The molecule has 0 spiro atoms. The Kier molecular flexibility index (Phi) is 5.83. The van der Waals surface area contributed by atoms with Crippen molar-refractivity contribution in [2.45, 2.75) is 65.2 Å². The van der Waals surface area contributed by atoms with E-state index in [1.54, 1.807) is 6.08 Å². The Balaban J connectivity index is 1.78. The third-order valence-electron chi connectivity index (χ3n) is 8.29. The van der Waals surface area contributed by atoms with Crippen molar-refractivity contribution in [1.82, 2.24) is 0 Å². The van der Waals surface area contributed by atoms with Crippen LogP contribution >= 0.6 is 15.9 Å². The Hall–Kier alpha value is -2.09. The van der Waals surface area contributed by atoms with Crippen molar-refractivity contribution in [1.29, 1.82) is 0 Å². The Morgan fingerprint density at radius 2 is 1.88 bits per heavy atom. The van der Waals surface area contributed by atoms with Crippen LogP contribution < -0.4 is 0 Å². The standard InChI is InChI=1S/C25H28BrFO6/c1-13(28)32-12-22(31)25(33-14(2)29)8-6-17-15-9-20(27)18-10-21(30)19(26)11-23(18,3)16(15)5-7-24(17,25)4/h5,10-11,15,17,20H,6-9,12H2,1-4H3/t15-,17+,20-,23-,24+,25-/m1/s1. The van der Waals surface area contributed by atoms with Gasteiger partial charge in [0.1, 0.15) is 6.17 Å². The first-order valence-electron chi connectivity index (χ1n) is 11.2. The molecule has 6 atom stereocenters. The number of alkyl halides is 1. The summed E-state index contributed by atoms with van der Waals surface area (Å²) in [5, 5.41) is 0. The number of ether oxygens (including phenoxy) is 2. The molecule has 4 aliphatic carbocycles. The minimum Gasteiger partial charge on any atom is -0.458 e. The predicted octanol–water partition coefficient (Wildman–Crippen LogP) is 4.32. The van der Waals surface area contributed by atoms with E-state index in [4.69, 9.17) is 9.47 Å². The van der Waals surface area contributed by atoms with Gasteiger partial charge >= 0.3 is 11.9 Å². The van der Waals surface area contributed by atoms with Gasteiger partial charge < -0.3 is 9.47 Å². The predicted molar refractivity (Wildman–Crippen MR) is 121 cm³/mol. The average Bonchev–Trinajstić information content (AvgIpc) is 3.01. The quantitative estimate of drug-likeness (QED) is 0.403. The van der Waals surface area contributed by atoms with Crippen LogP contribution in [0.4, 0.5) is 4.39 Å². The Morgan fingerprint density at radius 3 is 2.52 bits per heavy atom. The third kappa shape index (κ3) is 3.47. The largest absolute Gasteiger partial charge is 0.458 e. The summed E-state index contributed by atoms with van der Waals surface area (Å²) in [6.07, 6.45) is 5.46. The zero-order valence-corrected chi connectivity index (χ0v) is 20.8. The van der Waals surface area contributed by atoms with Crippen molar-refractivity contribution >= 4 is 39.4 Å². The molecule has 2 fully saturated rings. The average molecular weight is 523 g/mol. The van der Waals surface area contributed by atoms with Gasteiger partial charge in [0.05, 0.1) is 4.48 Å². The van der Waals surface area contributed by atoms with Crippen molar-refractivity contribution < 1.29 is 33.0 Å². The molecule has 0 radical (unpaired) electrons. The maximum Gasteiger partial charge on any atom is 0.303 e. The minimum absolute atomic E-state index is 0.112. The molecule has 0 aliphatic heterocycles. The van der Waals surface area contributed by atoms with E-state index < -0.39 is 46.9 Å². The van der Waals surface area contributed by atoms with Gasteiger partial charge in [-0.05, 0) is 72.0 Å². The Labute approximate surface area is 200 Å². The van der Waals surface area contributed by atoms with E-state index in [1.165, 1.54) is 19.9 Å². The van der Waals surface area contributed by atoms with Gasteiger partial charge in [0.15, 0.2) is 18.0 Å². The van der Waals surface area contributed by atoms with Gasteiger partial charge in [-0.3, -0.25) is 19.2 Å². The summed E-state index contributed by atoms with van der Waals surface area (Å²) in [6.45, 7) is 5.86. The normalized spacial score (nSPS) is 39.3. The van der Waals surface area contributed by atoms with Crippen LogP contribution in [0.2, 0.25) is 0 Å². The highest BCUT2D eigenvalue weighted by Gasteiger charge is 2.67. The summed E-state index contributed by atoms with van der Waals surface area (Å²) in [6, 6.07) is 0. The fourth-order valence-corrected chi connectivity index (χ4v) is 7.37. The first-order chi connectivity index (χ1) is 15.4. The number of hydrogen-bond donors (Lipinski definition) is 0. The zero-order chi connectivity index (χ0) is 24.3. The molecule has 0 N–H and O–H groups in total. The maximum atomic E-state index is 15.5. The van der Waals surface area contributed by atoms with Crippen LogP contribution in [0.1, 0.15) is 53.4 Å². The number of ketones is 2. The smallest absolute Gasteiger partial charge is 0.303 e. The number of halogens is 2. The molecule has 178 valence electrons. The SMILES string of the molecule is CC(=O)OCC(=O)[C@]1(OC(C)=O)CC[C@H]2[C@@H]3C[C@@H](F)C4=CC(=O)C(Br)=C[C@]4(C)C3=CC[C@@]21C.